The predicted molar refractivity (Wildman–Crippen MR) is 51.9 cm³/mol. The van der Waals surface area contributed by atoms with Crippen molar-refractivity contribution in [3.8, 4) is 0 Å². The number of hydrogen-bond acceptors (Lipinski definition) is 4. The highest BCUT2D eigenvalue weighted by Gasteiger charge is 2.24. The number of fused-ring (bicyclic) bond motifs is 1. The molecular formula is C10H8F2N2O2. The minimum Gasteiger partial charge on any atom is -0.356 e. The van der Waals surface area contributed by atoms with Crippen LogP contribution in [0.5, 0.6) is 0 Å². The van der Waals surface area contributed by atoms with Gasteiger partial charge in [-0.2, -0.15) is 0 Å². The van der Waals surface area contributed by atoms with Gasteiger partial charge in [-0.25, -0.2) is 8.78 Å². The molecule has 1 heterocycles. The molecule has 1 atom stereocenters. The van der Waals surface area contributed by atoms with Gasteiger partial charge in [-0.15, -0.1) is 0 Å². The monoisotopic (exact) mass is 226 g/mol. The van der Waals surface area contributed by atoms with Crippen molar-refractivity contribution in [2.45, 2.75) is 13.0 Å². The van der Waals surface area contributed by atoms with Gasteiger partial charge < -0.3 is 10.3 Å². The quantitative estimate of drug-likeness (QED) is 0.790. The second-order valence-corrected chi connectivity index (χ2v) is 3.44. The van der Waals surface area contributed by atoms with E-state index in [0.29, 0.717) is 0 Å². The molecule has 84 valence electrons. The van der Waals surface area contributed by atoms with Crippen molar-refractivity contribution in [3.63, 3.8) is 0 Å². The number of ketones is 1. The van der Waals surface area contributed by atoms with Crippen LogP contribution in [0.2, 0.25) is 0 Å². The fraction of sp³-hybridized carbons (Fsp3) is 0.200. The van der Waals surface area contributed by atoms with Crippen LogP contribution < -0.4 is 5.73 Å². The molecule has 2 aromatic rings. The molecule has 4 nitrogen and oxygen atoms in total. The molecule has 16 heavy (non-hydrogen) atoms. The van der Waals surface area contributed by atoms with E-state index in [1.807, 2.05) is 0 Å². The molecule has 1 aromatic carbocycles. The first-order valence-electron chi connectivity index (χ1n) is 4.54. The molecule has 0 amide bonds. The van der Waals surface area contributed by atoms with Gasteiger partial charge in [0.15, 0.2) is 11.4 Å². The number of carbonyl (C=O) groups is 1. The third-order valence-corrected chi connectivity index (χ3v) is 2.21. The fourth-order valence-corrected chi connectivity index (χ4v) is 1.40. The van der Waals surface area contributed by atoms with Crippen molar-refractivity contribution in [3.05, 3.63) is 29.5 Å². The standard InChI is InChI=1S/C10H8F2N2O2/c1-4(13)10(15)8-6(11)2-7-5(9(8)12)3-14-16-7/h2-4H,13H2,1H3. The van der Waals surface area contributed by atoms with Gasteiger partial charge in [0, 0.05) is 6.07 Å². The summed E-state index contributed by atoms with van der Waals surface area (Å²) in [6.45, 7) is 1.36. The molecule has 0 aliphatic carbocycles. The number of benzene rings is 1. The Balaban J connectivity index is 2.73. The zero-order valence-corrected chi connectivity index (χ0v) is 8.33. The molecule has 0 saturated heterocycles. The largest absolute Gasteiger partial charge is 0.356 e. The van der Waals surface area contributed by atoms with Crippen LogP contribution in [0.4, 0.5) is 8.78 Å². The van der Waals surface area contributed by atoms with Gasteiger partial charge in [0.05, 0.1) is 23.2 Å². The van der Waals surface area contributed by atoms with Crippen molar-refractivity contribution in [1.82, 2.24) is 5.16 Å². The number of hydrogen-bond donors (Lipinski definition) is 1. The Bertz CT molecular complexity index is 563. The number of Topliss-reactive ketones (excluding diaryl/α,β-unsaturated/α-hetero) is 1. The zero-order valence-electron chi connectivity index (χ0n) is 8.33. The minimum absolute atomic E-state index is 0.0367. The van der Waals surface area contributed by atoms with E-state index >= 15 is 0 Å². The Morgan fingerprint density at radius 3 is 2.88 bits per heavy atom. The van der Waals surface area contributed by atoms with Crippen molar-refractivity contribution >= 4 is 16.8 Å². The topological polar surface area (TPSA) is 69.1 Å². The second-order valence-electron chi connectivity index (χ2n) is 3.44. The van der Waals surface area contributed by atoms with Gasteiger partial charge >= 0.3 is 0 Å². The van der Waals surface area contributed by atoms with Crippen LogP contribution in [-0.2, 0) is 0 Å². The highest BCUT2D eigenvalue weighted by Crippen LogP contribution is 2.24. The summed E-state index contributed by atoms with van der Waals surface area (Å²) in [5, 5.41) is 3.29. The summed E-state index contributed by atoms with van der Waals surface area (Å²) >= 11 is 0. The average molecular weight is 226 g/mol. The van der Waals surface area contributed by atoms with Crippen LogP contribution >= 0.6 is 0 Å². The molecule has 2 N–H and O–H groups in total. The Kier molecular flexibility index (Phi) is 2.43. The summed E-state index contributed by atoms with van der Waals surface area (Å²) in [6.07, 6.45) is 1.09. The van der Waals surface area contributed by atoms with E-state index in [-0.39, 0.29) is 11.0 Å². The normalized spacial score (nSPS) is 13.0. The van der Waals surface area contributed by atoms with Gasteiger partial charge in [-0.05, 0) is 6.92 Å². The molecule has 1 aromatic heterocycles. The highest BCUT2D eigenvalue weighted by atomic mass is 19.1. The zero-order chi connectivity index (χ0) is 11.9. The first kappa shape index (κ1) is 10.7. The van der Waals surface area contributed by atoms with Gasteiger partial charge in [-0.3, -0.25) is 4.79 Å². The predicted octanol–water partition coefficient (Wildman–Crippen LogP) is 1.64. The molecule has 0 saturated carbocycles. The molecular weight excluding hydrogens is 218 g/mol. The highest BCUT2D eigenvalue weighted by molar-refractivity contribution is 6.02. The lowest BCUT2D eigenvalue weighted by Gasteiger charge is -2.06. The van der Waals surface area contributed by atoms with Crippen molar-refractivity contribution in [1.29, 1.82) is 0 Å². The first-order valence-corrected chi connectivity index (χ1v) is 4.54. The Morgan fingerprint density at radius 2 is 2.25 bits per heavy atom. The summed E-state index contributed by atoms with van der Waals surface area (Å²) < 4.78 is 31.8. The van der Waals surface area contributed by atoms with Crippen molar-refractivity contribution in [2.24, 2.45) is 5.73 Å². The van der Waals surface area contributed by atoms with E-state index in [4.69, 9.17) is 5.73 Å². The van der Waals surface area contributed by atoms with Crippen LogP contribution in [0.1, 0.15) is 17.3 Å². The van der Waals surface area contributed by atoms with Crippen LogP contribution in [0.15, 0.2) is 16.8 Å². The summed E-state index contributed by atoms with van der Waals surface area (Å²) in [6, 6.07) is -0.0533. The molecule has 0 bridgehead atoms. The van der Waals surface area contributed by atoms with E-state index < -0.39 is 29.0 Å². The maximum absolute atomic E-state index is 13.8. The number of aromatic nitrogens is 1. The summed E-state index contributed by atoms with van der Waals surface area (Å²) in [5.74, 6) is -2.78. The van der Waals surface area contributed by atoms with Gasteiger partial charge in [0.25, 0.3) is 0 Å². The number of carbonyl (C=O) groups excluding carboxylic acids is 1. The van der Waals surface area contributed by atoms with E-state index in [1.165, 1.54) is 6.92 Å². The maximum Gasteiger partial charge on any atom is 0.185 e. The molecule has 0 aliphatic rings. The SMILES string of the molecule is CC(N)C(=O)c1c(F)cc2oncc2c1F. The smallest absolute Gasteiger partial charge is 0.185 e. The van der Waals surface area contributed by atoms with Crippen molar-refractivity contribution in [2.75, 3.05) is 0 Å². The Hall–Kier alpha value is -1.82. The molecule has 2 rings (SSSR count). The maximum atomic E-state index is 13.8. The third kappa shape index (κ3) is 1.47. The number of nitrogens with zero attached hydrogens (tertiary/aromatic N) is 1. The van der Waals surface area contributed by atoms with Gasteiger partial charge in [0.2, 0.25) is 0 Å². The number of nitrogens with two attached hydrogens (primary N) is 1. The van der Waals surface area contributed by atoms with E-state index in [2.05, 4.69) is 9.68 Å². The molecule has 0 fully saturated rings. The molecule has 0 spiro atoms. The summed E-state index contributed by atoms with van der Waals surface area (Å²) in [7, 11) is 0. The third-order valence-electron chi connectivity index (χ3n) is 2.21. The lowest BCUT2D eigenvalue weighted by atomic mass is 10.0. The molecule has 0 radical (unpaired) electrons. The second kappa shape index (κ2) is 3.64. The average Bonchev–Trinajstić information content (AvgIpc) is 2.65. The van der Waals surface area contributed by atoms with E-state index in [1.54, 1.807) is 0 Å². The minimum atomic E-state index is -0.996. The van der Waals surface area contributed by atoms with Gasteiger partial charge in [0.1, 0.15) is 11.6 Å². The number of halogens is 2. The van der Waals surface area contributed by atoms with Gasteiger partial charge in [-0.1, -0.05) is 5.16 Å². The fourth-order valence-electron chi connectivity index (χ4n) is 1.40. The first-order chi connectivity index (χ1) is 7.52. The van der Waals surface area contributed by atoms with Crippen LogP contribution in [0.3, 0.4) is 0 Å². The molecule has 1 unspecified atom stereocenters. The summed E-state index contributed by atoms with van der Waals surface area (Å²) in [4.78, 5) is 11.5. The lowest BCUT2D eigenvalue weighted by Crippen LogP contribution is -2.28. The van der Waals surface area contributed by atoms with Crippen LogP contribution in [-0.4, -0.2) is 17.0 Å². The van der Waals surface area contributed by atoms with Crippen LogP contribution in [0.25, 0.3) is 11.0 Å². The Morgan fingerprint density at radius 1 is 1.56 bits per heavy atom. The number of rotatable bonds is 2. The lowest BCUT2D eigenvalue weighted by molar-refractivity contribution is 0.0960. The van der Waals surface area contributed by atoms with E-state index in [0.717, 1.165) is 12.3 Å². The van der Waals surface area contributed by atoms with Crippen LogP contribution in [0, 0.1) is 11.6 Å². The van der Waals surface area contributed by atoms with E-state index in [9.17, 15) is 13.6 Å². The molecule has 0 aliphatic heterocycles. The van der Waals surface area contributed by atoms with Crippen molar-refractivity contribution < 1.29 is 18.1 Å². The molecule has 6 heteroatoms. The summed E-state index contributed by atoms with van der Waals surface area (Å²) in [5.41, 5.74) is 4.61. The Labute approximate surface area is 89.0 Å².